The van der Waals surface area contributed by atoms with Gasteiger partial charge in [0.25, 0.3) is 0 Å². The second-order valence-corrected chi connectivity index (χ2v) is 14.2. The Morgan fingerprint density at radius 3 is 2.04 bits per heavy atom. The molecule has 0 atom stereocenters. The van der Waals surface area contributed by atoms with E-state index in [-0.39, 0.29) is 11.8 Å². The highest BCUT2D eigenvalue weighted by Gasteiger charge is 2.27. The SMILES string of the molecule is CC(C)c1cc(-c2ccccc2)cc(C(C)C)c1-n1c(-c2cccc3c2oc2nc4c(cc23)oc2ccccc24)nc2ccc3ccccc3c21. The molecule has 0 aliphatic heterocycles. The van der Waals surface area contributed by atoms with E-state index in [9.17, 15) is 0 Å². The largest absolute Gasteiger partial charge is 0.454 e. The molecule has 0 radical (unpaired) electrons. The van der Waals surface area contributed by atoms with Crippen LogP contribution in [0, 0.1) is 0 Å². The number of rotatable bonds is 5. The van der Waals surface area contributed by atoms with Crippen molar-refractivity contribution in [1.29, 1.82) is 0 Å². The molecule has 10 rings (SSSR count). The minimum atomic E-state index is 0.248. The van der Waals surface area contributed by atoms with Gasteiger partial charge in [-0.1, -0.05) is 113 Å². The molecule has 51 heavy (non-hydrogen) atoms. The molecule has 0 aliphatic carbocycles. The quantitative estimate of drug-likeness (QED) is 0.184. The summed E-state index contributed by atoms with van der Waals surface area (Å²) in [6.07, 6.45) is 0. The van der Waals surface area contributed by atoms with Crippen LogP contribution in [0.3, 0.4) is 0 Å². The highest BCUT2D eigenvalue weighted by molar-refractivity contribution is 6.14. The van der Waals surface area contributed by atoms with Crippen LogP contribution in [0.5, 0.6) is 0 Å². The second kappa shape index (κ2) is 11.2. The van der Waals surface area contributed by atoms with E-state index in [1.165, 1.54) is 33.3 Å². The maximum Gasteiger partial charge on any atom is 0.228 e. The first-order valence-electron chi connectivity index (χ1n) is 17.7. The van der Waals surface area contributed by atoms with E-state index in [0.29, 0.717) is 5.71 Å². The van der Waals surface area contributed by atoms with E-state index >= 15 is 0 Å². The third-order valence-corrected chi connectivity index (χ3v) is 10.3. The van der Waals surface area contributed by atoms with Crippen molar-refractivity contribution in [3.8, 4) is 28.2 Å². The van der Waals surface area contributed by atoms with Crippen molar-refractivity contribution in [2.24, 2.45) is 0 Å². The Hall–Kier alpha value is -6.20. The summed E-state index contributed by atoms with van der Waals surface area (Å²) in [6, 6.07) is 44.8. The van der Waals surface area contributed by atoms with Crippen LogP contribution in [0.1, 0.15) is 50.7 Å². The van der Waals surface area contributed by atoms with Crippen LogP contribution < -0.4 is 0 Å². The molecule has 5 heteroatoms. The Labute approximate surface area is 294 Å². The van der Waals surface area contributed by atoms with Crippen LogP contribution in [-0.2, 0) is 0 Å². The van der Waals surface area contributed by atoms with Gasteiger partial charge in [-0.2, -0.15) is 0 Å². The molecule has 0 saturated heterocycles. The predicted molar refractivity (Wildman–Crippen MR) is 210 cm³/mol. The van der Waals surface area contributed by atoms with Crippen molar-refractivity contribution in [3.05, 3.63) is 139 Å². The van der Waals surface area contributed by atoms with Crippen LogP contribution in [0.2, 0.25) is 0 Å². The fraction of sp³-hybridized carbons (Fsp3) is 0.130. The van der Waals surface area contributed by atoms with Crippen molar-refractivity contribution in [2.45, 2.75) is 39.5 Å². The minimum absolute atomic E-state index is 0.248. The first kappa shape index (κ1) is 29.7. The minimum Gasteiger partial charge on any atom is -0.454 e. The number of aromatic nitrogens is 3. The number of hydrogen-bond acceptors (Lipinski definition) is 4. The fourth-order valence-electron chi connectivity index (χ4n) is 7.87. The number of pyridine rings is 1. The van der Waals surface area contributed by atoms with Gasteiger partial charge in [0.15, 0.2) is 5.58 Å². The third-order valence-electron chi connectivity index (χ3n) is 10.3. The van der Waals surface area contributed by atoms with E-state index < -0.39 is 0 Å². The fourth-order valence-corrected chi connectivity index (χ4v) is 7.87. The molecule has 0 fully saturated rings. The lowest BCUT2D eigenvalue weighted by atomic mass is 9.88. The number of benzene rings is 6. The summed E-state index contributed by atoms with van der Waals surface area (Å²) in [5.74, 6) is 1.34. The molecule has 4 aromatic heterocycles. The van der Waals surface area contributed by atoms with Gasteiger partial charge in [0.1, 0.15) is 22.5 Å². The summed E-state index contributed by atoms with van der Waals surface area (Å²) in [7, 11) is 0. The maximum atomic E-state index is 6.76. The Morgan fingerprint density at radius 2 is 1.25 bits per heavy atom. The third kappa shape index (κ3) is 4.47. The molecule has 0 spiro atoms. The predicted octanol–water partition coefficient (Wildman–Crippen LogP) is 13.0. The zero-order valence-corrected chi connectivity index (χ0v) is 28.9. The monoisotopic (exact) mass is 661 g/mol. The maximum absolute atomic E-state index is 6.76. The van der Waals surface area contributed by atoms with E-state index in [2.05, 4.69) is 135 Å². The van der Waals surface area contributed by atoms with Gasteiger partial charge in [-0.3, -0.25) is 4.57 Å². The molecular weight excluding hydrogens is 627 g/mol. The first-order valence-corrected chi connectivity index (χ1v) is 17.7. The molecule has 0 aliphatic rings. The van der Waals surface area contributed by atoms with Crippen molar-refractivity contribution in [2.75, 3.05) is 0 Å². The average Bonchev–Trinajstić information content (AvgIpc) is 3.84. The molecule has 0 amide bonds. The lowest BCUT2D eigenvalue weighted by Gasteiger charge is -2.24. The van der Waals surface area contributed by atoms with Crippen LogP contribution >= 0.6 is 0 Å². The molecule has 4 heterocycles. The lowest BCUT2D eigenvalue weighted by molar-refractivity contribution is 0.652. The lowest BCUT2D eigenvalue weighted by Crippen LogP contribution is -2.09. The number of hydrogen-bond donors (Lipinski definition) is 0. The van der Waals surface area contributed by atoms with Gasteiger partial charge in [0.2, 0.25) is 5.71 Å². The van der Waals surface area contributed by atoms with Gasteiger partial charge in [-0.25, -0.2) is 9.97 Å². The summed E-state index contributed by atoms with van der Waals surface area (Å²) in [6.45, 7) is 9.17. The second-order valence-electron chi connectivity index (χ2n) is 14.2. The van der Waals surface area contributed by atoms with Gasteiger partial charge in [-0.15, -0.1) is 0 Å². The highest BCUT2D eigenvalue weighted by Crippen LogP contribution is 2.44. The van der Waals surface area contributed by atoms with Crippen LogP contribution in [0.4, 0.5) is 0 Å². The van der Waals surface area contributed by atoms with Gasteiger partial charge >= 0.3 is 0 Å². The summed E-state index contributed by atoms with van der Waals surface area (Å²) in [4.78, 5) is 10.5. The van der Waals surface area contributed by atoms with Crippen molar-refractivity contribution in [3.63, 3.8) is 0 Å². The Balaban J connectivity index is 1.32. The van der Waals surface area contributed by atoms with E-state index in [1.807, 2.05) is 24.3 Å². The van der Waals surface area contributed by atoms with Crippen LogP contribution in [0.25, 0.3) is 94.1 Å². The van der Waals surface area contributed by atoms with E-state index in [4.69, 9.17) is 18.8 Å². The van der Waals surface area contributed by atoms with E-state index in [1.54, 1.807) is 0 Å². The summed E-state index contributed by atoms with van der Waals surface area (Å²) < 4.78 is 15.4. The van der Waals surface area contributed by atoms with Crippen molar-refractivity contribution < 1.29 is 8.83 Å². The Bertz CT molecular complexity index is 2950. The van der Waals surface area contributed by atoms with Crippen LogP contribution in [-0.4, -0.2) is 14.5 Å². The van der Waals surface area contributed by atoms with Crippen molar-refractivity contribution in [1.82, 2.24) is 14.5 Å². The molecular formula is C46H35N3O2. The summed E-state index contributed by atoms with van der Waals surface area (Å²) in [5.41, 5.74) is 12.8. The first-order chi connectivity index (χ1) is 24.9. The number of imidazole rings is 1. The highest BCUT2D eigenvalue weighted by atomic mass is 16.3. The standard InChI is InChI=1S/C46H35N3O2/c1-26(2)35-23-30(28-13-6-5-7-14-28)24-36(27(3)4)42(35)49-43-31-16-9-8-15-29(31)21-22-38(43)47-45(49)34-19-12-18-32-37-25-40-41(48-46(37)51-44(32)34)33-17-10-11-20-39(33)50-40/h5-27H,1-4H3. The van der Waals surface area contributed by atoms with Gasteiger partial charge in [0, 0.05) is 16.2 Å². The molecule has 6 aromatic carbocycles. The number of para-hydroxylation sites is 2. The number of nitrogens with zero attached hydrogens (tertiary/aromatic N) is 3. The van der Waals surface area contributed by atoms with Gasteiger partial charge < -0.3 is 8.83 Å². The summed E-state index contributed by atoms with van der Waals surface area (Å²) >= 11 is 0. The van der Waals surface area contributed by atoms with Gasteiger partial charge in [-0.05, 0) is 81.9 Å². The molecule has 0 bridgehead atoms. The number of furan rings is 2. The normalized spacial score (nSPS) is 12.3. The zero-order chi connectivity index (χ0) is 34.4. The molecule has 10 aromatic rings. The van der Waals surface area contributed by atoms with Gasteiger partial charge in [0.05, 0.1) is 27.7 Å². The average molecular weight is 662 g/mol. The zero-order valence-electron chi connectivity index (χ0n) is 28.9. The smallest absolute Gasteiger partial charge is 0.228 e. The molecule has 0 unspecified atom stereocenters. The van der Waals surface area contributed by atoms with Crippen molar-refractivity contribution >= 4 is 65.9 Å². The Morgan fingerprint density at radius 1 is 0.549 bits per heavy atom. The number of fused-ring (bicyclic) bond motifs is 9. The Kier molecular flexibility index (Phi) is 6.50. The topological polar surface area (TPSA) is 57.0 Å². The molecule has 246 valence electrons. The van der Waals surface area contributed by atoms with Crippen LogP contribution in [0.15, 0.2) is 136 Å². The molecule has 0 saturated carbocycles. The van der Waals surface area contributed by atoms with E-state index in [0.717, 1.165) is 66.2 Å². The summed E-state index contributed by atoms with van der Waals surface area (Å²) in [5, 5.41) is 5.22. The molecule has 0 N–H and O–H groups in total. The molecule has 5 nitrogen and oxygen atoms in total.